The number of rotatable bonds is 4. The number of pyridine rings is 1. The first kappa shape index (κ1) is 14.3. The Morgan fingerprint density at radius 3 is 2.68 bits per heavy atom. The van der Waals surface area contributed by atoms with E-state index < -0.39 is 10.0 Å². The fraction of sp³-hybridized carbons (Fsp3) is 0.615. The molecule has 5 nitrogen and oxygen atoms in total. The van der Waals surface area contributed by atoms with E-state index in [4.69, 9.17) is 5.73 Å². The largest absolute Gasteiger partial charge is 0.398 e. The van der Waals surface area contributed by atoms with Gasteiger partial charge in [-0.25, -0.2) is 13.1 Å². The van der Waals surface area contributed by atoms with Gasteiger partial charge in [0, 0.05) is 18.4 Å². The highest BCUT2D eigenvalue weighted by Crippen LogP contribution is 2.27. The first-order valence-corrected chi connectivity index (χ1v) is 8.21. The lowest BCUT2D eigenvalue weighted by Gasteiger charge is -2.28. The minimum absolute atomic E-state index is 0.0649. The molecular weight excluding hydrogens is 262 g/mol. The molecule has 1 saturated carbocycles. The summed E-state index contributed by atoms with van der Waals surface area (Å²) in [4.78, 5) is 3.90. The first-order chi connectivity index (χ1) is 9.00. The molecule has 0 amide bonds. The van der Waals surface area contributed by atoms with Gasteiger partial charge in [0.25, 0.3) is 0 Å². The fourth-order valence-corrected chi connectivity index (χ4v) is 4.04. The molecule has 1 aromatic heterocycles. The number of sulfonamides is 1. The van der Waals surface area contributed by atoms with E-state index in [1.54, 1.807) is 0 Å². The second-order valence-electron chi connectivity index (χ2n) is 5.22. The Bertz CT molecular complexity index is 524. The van der Waals surface area contributed by atoms with Gasteiger partial charge in [0.1, 0.15) is 4.90 Å². The van der Waals surface area contributed by atoms with Gasteiger partial charge in [-0.1, -0.05) is 19.3 Å². The highest BCUT2D eigenvalue weighted by molar-refractivity contribution is 7.89. The van der Waals surface area contributed by atoms with E-state index in [2.05, 4.69) is 9.71 Å². The minimum atomic E-state index is -3.58. The van der Waals surface area contributed by atoms with Crippen molar-refractivity contribution in [3.8, 4) is 0 Å². The molecule has 106 valence electrons. The topological polar surface area (TPSA) is 85.1 Å². The Morgan fingerprint density at radius 2 is 2.05 bits per heavy atom. The normalized spacial score (nSPS) is 19.2. The summed E-state index contributed by atoms with van der Waals surface area (Å²) in [6.45, 7) is 1.93. The van der Waals surface area contributed by atoms with E-state index in [0.29, 0.717) is 5.92 Å². The Kier molecular flexibility index (Phi) is 4.42. The second-order valence-corrected chi connectivity index (χ2v) is 6.90. The molecule has 0 bridgehead atoms. The molecule has 1 heterocycles. The smallest absolute Gasteiger partial charge is 0.244 e. The summed E-state index contributed by atoms with van der Waals surface area (Å²) in [5.74, 6) is 0.418. The lowest BCUT2D eigenvalue weighted by atomic mass is 9.85. The van der Waals surface area contributed by atoms with Crippen molar-refractivity contribution in [2.75, 3.05) is 5.73 Å². The summed E-state index contributed by atoms with van der Waals surface area (Å²) in [5, 5.41) is 0. The van der Waals surface area contributed by atoms with Gasteiger partial charge in [0.15, 0.2) is 0 Å². The van der Waals surface area contributed by atoms with Gasteiger partial charge in [-0.05, 0) is 31.7 Å². The van der Waals surface area contributed by atoms with E-state index in [-0.39, 0.29) is 16.6 Å². The van der Waals surface area contributed by atoms with Crippen molar-refractivity contribution in [1.29, 1.82) is 0 Å². The zero-order chi connectivity index (χ0) is 13.9. The molecule has 0 aromatic carbocycles. The Balaban J connectivity index is 2.11. The molecule has 1 aromatic rings. The zero-order valence-corrected chi connectivity index (χ0v) is 12.0. The van der Waals surface area contributed by atoms with E-state index in [0.717, 1.165) is 12.8 Å². The summed E-state index contributed by atoms with van der Waals surface area (Å²) in [6.07, 6.45) is 8.59. The number of anilines is 1. The maximum Gasteiger partial charge on any atom is 0.244 e. The number of nitrogens with two attached hydrogens (primary N) is 1. The van der Waals surface area contributed by atoms with Gasteiger partial charge < -0.3 is 5.73 Å². The van der Waals surface area contributed by atoms with Crippen LogP contribution in [0.3, 0.4) is 0 Å². The number of hydrogen-bond acceptors (Lipinski definition) is 4. The van der Waals surface area contributed by atoms with Crippen molar-refractivity contribution >= 4 is 15.7 Å². The molecule has 6 heteroatoms. The zero-order valence-electron chi connectivity index (χ0n) is 11.2. The lowest BCUT2D eigenvalue weighted by molar-refractivity contribution is 0.303. The van der Waals surface area contributed by atoms with Crippen molar-refractivity contribution < 1.29 is 8.42 Å². The average molecular weight is 283 g/mol. The van der Waals surface area contributed by atoms with E-state index in [9.17, 15) is 8.42 Å². The van der Waals surface area contributed by atoms with Crippen molar-refractivity contribution in [2.45, 2.75) is 50.0 Å². The van der Waals surface area contributed by atoms with Gasteiger partial charge >= 0.3 is 0 Å². The fourth-order valence-electron chi connectivity index (χ4n) is 2.65. The molecule has 1 atom stereocenters. The molecule has 0 radical (unpaired) electrons. The molecule has 1 fully saturated rings. The third-order valence-electron chi connectivity index (χ3n) is 3.80. The number of nitrogens with one attached hydrogen (secondary N) is 1. The van der Waals surface area contributed by atoms with Gasteiger partial charge in [0.05, 0.1) is 5.69 Å². The summed E-state index contributed by atoms with van der Waals surface area (Å²) in [7, 11) is -3.58. The predicted molar refractivity (Wildman–Crippen MR) is 75.0 cm³/mol. The minimum Gasteiger partial charge on any atom is -0.398 e. The van der Waals surface area contributed by atoms with Gasteiger partial charge in [-0.3, -0.25) is 4.98 Å². The Hall–Kier alpha value is -1.14. The standard InChI is InChI=1S/C13H21N3O2S/c1-10(11-5-3-2-4-6-11)16-19(17,18)13-9-15-8-7-12(13)14/h7-11,16H,2-6H2,1H3,(H2,14,15). The molecule has 1 unspecified atom stereocenters. The van der Waals surface area contributed by atoms with Crippen LogP contribution in [0, 0.1) is 5.92 Å². The maximum atomic E-state index is 12.3. The van der Waals surface area contributed by atoms with Crippen molar-refractivity contribution in [3.63, 3.8) is 0 Å². The molecule has 19 heavy (non-hydrogen) atoms. The monoisotopic (exact) mass is 283 g/mol. The van der Waals surface area contributed by atoms with Crippen LogP contribution < -0.4 is 10.5 Å². The summed E-state index contributed by atoms with van der Waals surface area (Å²) >= 11 is 0. The first-order valence-electron chi connectivity index (χ1n) is 6.72. The highest BCUT2D eigenvalue weighted by atomic mass is 32.2. The van der Waals surface area contributed by atoms with E-state index in [1.165, 1.54) is 37.7 Å². The van der Waals surface area contributed by atoms with Crippen LogP contribution in [-0.4, -0.2) is 19.4 Å². The predicted octanol–water partition coefficient (Wildman–Crippen LogP) is 1.91. The summed E-state index contributed by atoms with van der Waals surface area (Å²) in [5.41, 5.74) is 5.94. The number of nitrogens with zero attached hydrogens (tertiary/aromatic N) is 1. The van der Waals surface area contributed by atoms with Crippen molar-refractivity contribution in [2.24, 2.45) is 5.92 Å². The van der Waals surface area contributed by atoms with Crippen molar-refractivity contribution in [3.05, 3.63) is 18.5 Å². The quantitative estimate of drug-likeness (QED) is 0.884. The number of aromatic nitrogens is 1. The van der Waals surface area contributed by atoms with Crippen LogP contribution in [0.5, 0.6) is 0 Å². The van der Waals surface area contributed by atoms with Crippen molar-refractivity contribution in [1.82, 2.24) is 9.71 Å². The molecule has 1 aliphatic rings. The Morgan fingerprint density at radius 1 is 1.37 bits per heavy atom. The average Bonchev–Trinajstić information content (AvgIpc) is 2.39. The van der Waals surface area contributed by atoms with Gasteiger partial charge in [-0.15, -0.1) is 0 Å². The SMILES string of the molecule is CC(NS(=O)(=O)c1cnccc1N)C1CCCCC1. The van der Waals surface area contributed by atoms with Crippen LogP contribution in [0.25, 0.3) is 0 Å². The van der Waals surface area contributed by atoms with Gasteiger partial charge in [0.2, 0.25) is 10.0 Å². The van der Waals surface area contributed by atoms with Gasteiger partial charge in [-0.2, -0.15) is 0 Å². The molecule has 0 spiro atoms. The Labute approximate surface area is 114 Å². The van der Waals surface area contributed by atoms with Crippen LogP contribution in [0.1, 0.15) is 39.0 Å². The van der Waals surface area contributed by atoms with Crippen LogP contribution in [-0.2, 0) is 10.0 Å². The van der Waals surface area contributed by atoms with Crippen LogP contribution in [0.4, 0.5) is 5.69 Å². The summed E-state index contributed by atoms with van der Waals surface area (Å²) in [6, 6.07) is 1.43. The van der Waals surface area contributed by atoms with Crippen LogP contribution in [0.2, 0.25) is 0 Å². The molecular formula is C13H21N3O2S. The third-order valence-corrected chi connectivity index (χ3v) is 5.41. The number of nitrogen functional groups attached to an aromatic ring is 1. The second kappa shape index (κ2) is 5.88. The maximum absolute atomic E-state index is 12.3. The lowest BCUT2D eigenvalue weighted by Crippen LogP contribution is -2.39. The molecule has 1 aliphatic carbocycles. The third kappa shape index (κ3) is 3.45. The van der Waals surface area contributed by atoms with Crippen LogP contribution >= 0.6 is 0 Å². The summed E-state index contributed by atoms with van der Waals surface area (Å²) < 4.78 is 27.3. The van der Waals surface area contributed by atoms with E-state index in [1.807, 2.05) is 6.92 Å². The van der Waals surface area contributed by atoms with Crippen LogP contribution in [0.15, 0.2) is 23.4 Å². The van der Waals surface area contributed by atoms with E-state index >= 15 is 0 Å². The molecule has 3 N–H and O–H groups in total. The highest BCUT2D eigenvalue weighted by Gasteiger charge is 2.26. The molecule has 2 rings (SSSR count). The molecule has 0 aliphatic heterocycles. The number of hydrogen-bond donors (Lipinski definition) is 2. The molecule has 0 saturated heterocycles.